The summed E-state index contributed by atoms with van der Waals surface area (Å²) in [4.78, 5) is 16.3. The van der Waals surface area contributed by atoms with E-state index < -0.39 is 0 Å². The van der Waals surface area contributed by atoms with Crippen LogP contribution in [0, 0.1) is 26.6 Å². The van der Waals surface area contributed by atoms with E-state index in [1.165, 1.54) is 10.9 Å². The average molecular weight is 549 g/mol. The molecular weight excluding hydrogens is 510 g/mol. The molecule has 0 unspecified atom stereocenters. The molecule has 0 saturated carbocycles. The molecule has 9 heteroatoms. The third-order valence-corrected chi connectivity index (χ3v) is 10.5. The summed E-state index contributed by atoms with van der Waals surface area (Å²) in [6, 6.07) is 7.81. The highest BCUT2D eigenvalue weighted by Crippen LogP contribution is 2.38. The first-order chi connectivity index (χ1) is 18.7. The highest BCUT2D eigenvalue weighted by Gasteiger charge is 2.27. The molecule has 7 nitrogen and oxygen atoms in total. The number of hydrogen-bond acceptors (Lipinski definition) is 4. The Morgan fingerprint density at radius 3 is 2.26 bits per heavy atom. The number of imidazole rings is 1. The third kappa shape index (κ3) is 4.74. The predicted molar refractivity (Wildman–Crippen MR) is 160 cm³/mol. The van der Waals surface area contributed by atoms with Gasteiger partial charge in [0.2, 0.25) is 0 Å². The summed E-state index contributed by atoms with van der Waals surface area (Å²) >= 11 is 0. The van der Waals surface area contributed by atoms with Crippen LogP contribution in [0.25, 0.3) is 17.2 Å². The molecule has 39 heavy (non-hydrogen) atoms. The third-order valence-electron chi connectivity index (χ3n) is 7.78. The smallest absolute Gasteiger partial charge is 0.338 e. The lowest BCUT2D eigenvalue weighted by Gasteiger charge is -2.22. The minimum atomic E-state index is -0.258. The van der Waals surface area contributed by atoms with Gasteiger partial charge in [-0.15, -0.1) is 0 Å². The lowest BCUT2D eigenvalue weighted by molar-refractivity contribution is 0.311. The van der Waals surface area contributed by atoms with E-state index in [9.17, 15) is 9.18 Å². The molecule has 0 radical (unpaired) electrons. The molecule has 0 saturated heterocycles. The van der Waals surface area contributed by atoms with Gasteiger partial charge in [-0.25, -0.2) is 13.9 Å². The summed E-state index contributed by atoms with van der Waals surface area (Å²) in [5.41, 5.74) is 6.83. The van der Waals surface area contributed by atoms with E-state index in [0.717, 1.165) is 53.6 Å². The van der Waals surface area contributed by atoms with Crippen molar-refractivity contribution in [1.82, 2.24) is 23.8 Å². The second-order valence-corrected chi connectivity index (χ2v) is 13.2. The van der Waals surface area contributed by atoms with Gasteiger partial charge >= 0.3 is 5.69 Å². The van der Waals surface area contributed by atoms with Gasteiger partial charge in [0.15, 0.2) is 0 Å². The molecule has 4 aromatic rings. The summed E-state index contributed by atoms with van der Waals surface area (Å²) < 4.78 is 19.7. The lowest BCUT2D eigenvalue weighted by atomic mass is 10.1. The molecule has 0 aliphatic carbocycles. The number of halogens is 1. The Morgan fingerprint density at radius 2 is 1.62 bits per heavy atom. The minimum absolute atomic E-state index is 0.162. The van der Waals surface area contributed by atoms with E-state index in [1.54, 1.807) is 35.1 Å². The number of nitrogens with zero attached hydrogens (tertiary/aromatic N) is 5. The zero-order valence-corrected chi connectivity index (χ0v) is 24.9. The van der Waals surface area contributed by atoms with Crippen LogP contribution in [-0.2, 0) is 13.0 Å². The molecule has 1 N–H and O–H groups in total. The number of nitrogens with one attached hydrogen (secondary N) is 1. The fourth-order valence-electron chi connectivity index (χ4n) is 5.75. The van der Waals surface area contributed by atoms with Crippen molar-refractivity contribution in [2.75, 3.05) is 38.3 Å². The van der Waals surface area contributed by atoms with Crippen LogP contribution >= 0.6 is 7.92 Å². The summed E-state index contributed by atoms with van der Waals surface area (Å²) in [5, 5.41) is 9.71. The number of rotatable bonds is 7. The average Bonchev–Trinajstić information content (AvgIpc) is 3.47. The fraction of sp³-hybridized carbons (Fsp3) is 0.400. The van der Waals surface area contributed by atoms with E-state index in [-0.39, 0.29) is 19.4 Å². The van der Waals surface area contributed by atoms with Crippen molar-refractivity contribution >= 4 is 18.9 Å². The van der Waals surface area contributed by atoms with E-state index in [1.807, 2.05) is 24.1 Å². The van der Waals surface area contributed by atoms with Gasteiger partial charge in [-0.05, 0) is 81.1 Å². The zero-order chi connectivity index (χ0) is 28.0. The van der Waals surface area contributed by atoms with Crippen LogP contribution in [0.2, 0.25) is 0 Å². The first-order valence-electron chi connectivity index (χ1n) is 13.6. The molecule has 2 aromatic carbocycles. The Morgan fingerprint density at radius 1 is 0.974 bits per heavy atom. The number of aromatic nitrogens is 4. The van der Waals surface area contributed by atoms with Gasteiger partial charge in [0.1, 0.15) is 11.6 Å². The van der Waals surface area contributed by atoms with Crippen molar-refractivity contribution in [3.8, 4) is 17.2 Å². The summed E-state index contributed by atoms with van der Waals surface area (Å²) in [6.45, 7) is 11.8. The van der Waals surface area contributed by atoms with E-state index in [2.05, 4.69) is 50.2 Å². The van der Waals surface area contributed by atoms with Crippen molar-refractivity contribution in [3.05, 3.63) is 80.9 Å². The van der Waals surface area contributed by atoms with Gasteiger partial charge in [-0.1, -0.05) is 21.8 Å². The molecule has 1 aliphatic heterocycles. The standard InChI is InChI=1S/C30H38FN6OP/c1-8-39(9-2)28-21(5)16-22(17-26(28)32-6)35-12-13-36(30(35)38)29-24-18-34(7)11-10-25(24)33-37(29)23-14-19(3)27(31)20(4)15-23/h12-17,32H,8-11,18H2,1-7H3. The summed E-state index contributed by atoms with van der Waals surface area (Å²) in [5.74, 6) is 0.502. The number of hydrogen-bond donors (Lipinski definition) is 1. The number of fused-ring (bicyclic) bond motifs is 1. The van der Waals surface area contributed by atoms with Gasteiger partial charge in [0, 0.05) is 55.5 Å². The van der Waals surface area contributed by atoms with Crippen LogP contribution in [0.15, 0.2) is 41.5 Å². The van der Waals surface area contributed by atoms with Gasteiger partial charge in [0.25, 0.3) is 0 Å². The Labute approximate surface area is 231 Å². The van der Waals surface area contributed by atoms with Crippen molar-refractivity contribution in [2.45, 2.75) is 47.6 Å². The molecule has 1 aliphatic rings. The van der Waals surface area contributed by atoms with Crippen molar-refractivity contribution in [3.63, 3.8) is 0 Å². The van der Waals surface area contributed by atoms with Gasteiger partial charge in [0.05, 0.1) is 17.1 Å². The maximum Gasteiger partial charge on any atom is 0.338 e. The fourth-order valence-corrected chi connectivity index (χ4v) is 7.91. The van der Waals surface area contributed by atoms with E-state index in [4.69, 9.17) is 5.10 Å². The normalized spacial score (nSPS) is 13.8. The Kier molecular flexibility index (Phi) is 7.53. The van der Waals surface area contributed by atoms with Crippen LogP contribution in [0.5, 0.6) is 0 Å². The van der Waals surface area contributed by atoms with Gasteiger partial charge in [-0.3, -0.25) is 9.13 Å². The minimum Gasteiger partial charge on any atom is -0.388 e. The molecule has 5 rings (SSSR count). The zero-order valence-electron chi connectivity index (χ0n) is 24.0. The van der Waals surface area contributed by atoms with Crippen LogP contribution < -0.4 is 16.3 Å². The number of anilines is 1. The van der Waals surface area contributed by atoms with E-state index in [0.29, 0.717) is 23.5 Å². The highest BCUT2D eigenvalue weighted by molar-refractivity contribution is 7.66. The van der Waals surface area contributed by atoms with Crippen molar-refractivity contribution < 1.29 is 4.39 Å². The molecule has 0 bridgehead atoms. The molecular formula is C30H38FN6OP. The molecule has 0 fully saturated rings. The second-order valence-electron chi connectivity index (χ2n) is 10.4. The van der Waals surface area contributed by atoms with Gasteiger partial charge < -0.3 is 10.2 Å². The number of likely N-dealkylation sites (N-methyl/N-ethyl adjacent to an activating group) is 1. The molecule has 2 aromatic heterocycles. The first-order valence-corrected chi connectivity index (χ1v) is 15.3. The lowest BCUT2D eigenvalue weighted by Crippen LogP contribution is -2.29. The summed E-state index contributed by atoms with van der Waals surface area (Å²) in [7, 11) is 3.77. The highest BCUT2D eigenvalue weighted by atomic mass is 31.1. The maximum atomic E-state index is 14.5. The molecule has 0 spiro atoms. The first kappa shape index (κ1) is 27.4. The molecule has 0 atom stereocenters. The molecule has 206 valence electrons. The largest absolute Gasteiger partial charge is 0.388 e. The maximum absolute atomic E-state index is 14.5. The van der Waals surface area contributed by atoms with E-state index >= 15 is 0 Å². The quantitative estimate of drug-likeness (QED) is 0.328. The predicted octanol–water partition coefficient (Wildman–Crippen LogP) is 5.05. The Hall–Kier alpha value is -3.22. The van der Waals surface area contributed by atoms with Crippen LogP contribution in [-0.4, -0.2) is 56.8 Å². The topological polar surface area (TPSA) is 60.0 Å². The van der Waals surface area contributed by atoms with Crippen molar-refractivity contribution in [1.29, 1.82) is 0 Å². The molecule has 3 heterocycles. The van der Waals surface area contributed by atoms with Crippen LogP contribution in [0.1, 0.15) is 41.8 Å². The monoisotopic (exact) mass is 548 g/mol. The van der Waals surface area contributed by atoms with Crippen LogP contribution in [0.4, 0.5) is 10.1 Å². The number of benzene rings is 2. The SMILES string of the molecule is CCP(CC)c1c(C)cc(-n2ccn(-c3c4c(nn3-c3cc(C)c(F)c(C)c3)CCN(C)C4)c2=O)cc1NC. The Bertz CT molecular complexity index is 1570. The number of aryl methyl sites for hydroxylation is 3. The Balaban J connectivity index is 1.69. The summed E-state index contributed by atoms with van der Waals surface area (Å²) in [6.07, 6.45) is 6.70. The van der Waals surface area contributed by atoms with Crippen LogP contribution in [0.3, 0.4) is 0 Å². The second kappa shape index (κ2) is 10.7. The van der Waals surface area contributed by atoms with Gasteiger partial charge in [-0.2, -0.15) is 5.10 Å². The molecule has 0 amide bonds. The van der Waals surface area contributed by atoms with Crippen molar-refractivity contribution in [2.24, 2.45) is 0 Å².